The van der Waals surface area contributed by atoms with Crippen LogP contribution in [0.2, 0.25) is 0 Å². The van der Waals surface area contributed by atoms with E-state index in [1.54, 1.807) is 42.5 Å². The molecule has 1 unspecified atom stereocenters. The molecule has 2 aromatic rings. The van der Waals surface area contributed by atoms with Gasteiger partial charge >= 0.3 is 0 Å². The highest BCUT2D eigenvalue weighted by Crippen LogP contribution is 2.24. The van der Waals surface area contributed by atoms with Crippen molar-refractivity contribution in [1.82, 2.24) is 0 Å². The number of nitrogens with one attached hydrogen (secondary N) is 1. The van der Waals surface area contributed by atoms with E-state index in [1.165, 1.54) is 7.11 Å². The minimum Gasteiger partial charge on any atom is -0.497 e. The van der Waals surface area contributed by atoms with Crippen LogP contribution < -0.4 is 15.8 Å². The summed E-state index contributed by atoms with van der Waals surface area (Å²) in [6.45, 7) is 0. The van der Waals surface area contributed by atoms with Gasteiger partial charge in [0.15, 0.2) is 0 Å². The number of nitrogens with two attached hydrogens (primary N) is 1. The van der Waals surface area contributed by atoms with Crippen molar-refractivity contribution in [3.8, 4) is 5.75 Å². The molecule has 2 aromatic carbocycles. The van der Waals surface area contributed by atoms with Gasteiger partial charge in [-0.2, -0.15) is 0 Å². The number of methoxy groups -OCH3 is 1. The molecule has 110 valence electrons. The quantitative estimate of drug-likeness (QED) is 0.828. The van der Waals surface area contributed by atoms with Crippen LogP contribution >= 0.6 is 0 Å². The van der Waals surface area contributed by atoms with Gasteiger partial charge in [0.2, 0.25) is 5.91 Å². The summed E-state index contributed by atoms with van der Waals surface area (Å²) < 4.78 is 17.1. The molecule has 1 amide bonds. The molecular weight excluding hydrogens is 288 g/mol. The predicted octanol–water partition coefficient (Wildman–Crippen LogP) is 2.02. The first kappa shape index (κ1) is 15.1. The summed E-state index contributed by atoms with van der Waals surface area (Å²) in [5, 5.41) is 2.65. The van der Waals surface area contributed by atoms with E-state index in [2.05, 4.69) is 5.32 Å². The normalized spacial score (nSPS) is 11.7. The Kier molecular flexibility index (Phi) is 4.94. The van der Waals surface area contributed by atoms with Crippen LogP contribution in [0.1, 0.15) is 0 Å². The van der Waals surface area contributed by atoms with Crippen molar-refractivity contribution < 1.29 is 13.7 Å². The number of hydrogen-bond donors (Lipinski definition) is 2. The summed E-state index contributed by atoms with van der Waals surface area (Å²) in [4.78, 5) is 12.5. The Morgan fingerprint density at radius 3 is 2.57 bits per heavy atom. The lowest BCUT2D eigenvalue weighted by molar-refractivity contribution is -0.113. The van der Waals surface area contributed by atoms with Crippen LogP contribution in [0.3, 0.4) is 0 Å². The van der Waals surface area contributed by atoms with Crippen molar-refractivity contribution >= 4 is 28.1 Å². The molecule has 1 atom stereocenters. The smallest absolute Gasteiger partial charge is 0.237 e. The average molecular weight is 304 g/mol. The van der Waals surface area contributed by atoms with Gasteiger partial charge in [0.05, 0.1) is 29.3 Å². The van der Waals surface area contributed by atoms with Gasteiger partial charge in [0.25, 0.3) is 0 Å². The van der Waals surface area contributed by atoms with Crippen LogP contribution in [0.25, 0.3) is 0 Å². The molecule has 0 radical (unpaired) electrons. The molecule has 0 aliphatic heterocycles. The van der Waals surface area contributed by atoms with Crippen LogP contribution in [0, 0.1) is 0 Å². The van der Waals surface area contributed by atoms with Crippen LogP contribution in [0.4, 0.5) is 11.4 Å². The third-order valence-corrected chi connectivity index (χ3v) is 4.12. The first-order valence-electron chi connectivity index (χ1n) is 6.27. The lowest BCUT2D eigenvalue weighted by atomic mass is 10.2. The first-order valence-corrected chi connectivity index (χ1v) is 7.59. The molecule has 0 saturated heterocycles. The lowest BCUT2D eigenvalue weighted by Crippen LogP contribution is -2.20. The lowest BCUT2D eigenvalue weighted by Gasteiger charge is -2.09. The molecule has 21 heavy (non-hydrogen) atoms. The van der Waals surface area contributed by atoms with Crippen LogP contribution in [-0.4, -0.2) is 23.0 Å². The van der Waals surface area contributed by atoms with Gasteiger partial charge in [-0.1, -0.05) is 18.2 Å². The maximum Gasteiger partial charge on any atom is 0.237 e. The number of rotatable bonds is 5. The molecule has 0 saturated carbocycles. The minimum atomic E-state index is -1.38. The van der Waals surface area contributed by atoms with E-state index in [0.717, 1.165) is 0 Å². The largest absolute Gasteiger partial charge is 0.497 e. The molecule has 2 rings (SSSR count). The van der Waals surface area contributed by atoms with E-state index >= 15 is 0 Å². The van der Waals surface area contributed by atoms with Gasteiger partial charge < -0.3 is 15.8 Å². The van der Waals surface area contributed by atoms with E-state index in [9.17, 15) is 9.00 Å². The Balaban J connectivity index is 2.00. The second-order valence-corrected chi connectivity index (χ2v) is 5.76. The fraction of sp³-hybridized carbons (Fsp3) is 0.133. The molecule has 0 aromatic heterocycles. The van der Waals surface area contributed by atoms with Crippen molar-refractivity contribution in [2.24, 2.45) is 0 Å². The maximum atomic E-state index is 12.0. The van der Waals surface area contributed by atoms with Gasteiger partial charge in [0, 0.05) is 11.0 Å². The molecule has 5 nitrogen and oxygen atoms in total. The third kappa shape index (κ3) is 4.06. The van der Waals surface area contributed by atoms with Gasteiger partial charge in [0.1, 0.15) is 11.5 Å². The topological polar surface area (TPSA) is 81.4 Å². The molecule has 3 N–H and O–H groups in total. The van der Waals surface area contributed by atoms with Crippen molar-refractivity contribution in [3.05, 3.63) is 48.5 Å². The number of carbonyl (C=O) groups is 1. The van der Waals surface area contributed by atoms with Crippen molar-refractivity contribution in [1.29, 1.82) is 0 Å². The third-order valence-electron chi connectivity index (χ3n) is 2.80. The molecule has 0 fully saturated rings. The van der Waals surface area contributed by atoms with Gasteiger partial charge in [-0.25, -0.2) is 0 Å². The number of nitrogen functional groups attached to an aromatic ring is 1. The number of ether oxygens (including phenoxy) is 1. The second-order valence-electron chi connectivity index (χ2n) is 4.30. The molecular formula is C15H16N2O3S. The summed E-state index contributed by atoms with van der Waals surface area (Å²) in [6, 6.07) is 13.8. The Labute approximate surface area is 125 Å². The molecule has 0 heterocycles. The zero-order valence-corrected chi connectivity index (χ0v) is 12.4. The number of anilines is 2. The summed E-state index contributed by atoms with van der Waals surface area (Å²) in [7, 11) is 0.160. The second kappa shape index (κ2) is 6.90. The van der Waals surface area contributed by atoms with Crippen LogP contribution in [0.15, 0.2) is 53.4 Å². The highest BCUT2D eigenvalue weighted by Gasteiger charge is 2.11. The summed E-state index contributed by atoms with van der Waals surface area (Å²) >= 11 is 0. The number of hydrogen-bond acceptors (Lipinski definition) is 4. The zero-order chi connectivity index (χ0) is 15.2. The van der Waals surface area contributed by atoms with E-state index in [-0.39, 0.29) is 11.7 Å². The monoisotopic (exact) mass is 304 g/mol. The summed E-state index contributed by atoms with van der Waals surface area (Å²) in [6.07, 6.45) is 0. The molecule has 6 heteroatoms. The number of benzene rings is 2. The van der Waals surface area contributed by atoms with E-state index in [1.807, 2.05) is 6.07 Å². The van der Waals surface area contributed by atoms with E-state index in [4.69, 9.17) is 10.5 Å². The van der Waals surface area contributed by atoms with Crippen molar-refractivity contribution in [3.63, 3.8) is 0 Å². The van der Waals surface area contributed by atoms with E-state index < -0.39 is 10.8 Å². The Bertz CT molecular complexity index is 659. The fourth-order valence-corrected chi connectivity index (χ4v) is 2.68. The molecule has 0 aliphatic carbocycles. The standard InChI is InChI=1S/C15H16N2O3S/c1-20-11-7-8-14(13(16)9-11)17-15(18)10-21(19)12-5-3-2-4-6-12/h2-9H,10,16H2,1H3,(H,17,18). The number of amides is 1. The summed E-state index contributed by atoms with van der Waals surface area (Å²) in [5.74, 6) is 0.141. The number of carbonyl (C=O) groups excluding carboxylic acids is 1. The predicted molar refractivity (Wildman–Crippen MR) is 83.8 cm³/mol. The summed E-state index contributed by atoms with van der Waals surface area (Å²) in [5.41, 5.74) is 6.69. The molecule has 0 spiro atoms. The van der Waals surface area contributed by atoms with Gasteiger partial charge in [-0.3, -0.25) is 9.00 Å². The van der Waals surface area contributed by atoms with Crippen molar-refractivity contribution in [2.75, 3.05) is 23.9 Å². The Hall–Kier alpha value is -2.34. The molecule has 0 bridgehead atoms. The maximum absolute atomic E-state index is 12.0. The minimum absolute atomic E-state index is 0.116. The van der Waals surface area contributed by atoms with Crippen LogP contribution in [0.5, 0.6) is 5.75 Å². The van der Waals surface area contributed by atoms with Crippen molar-refractivity contribution in [2.45, 2.75) is 4.90 Å². The first-order chi connectivity index (χ1) is 10.1. The zero-order valence-electron chi connectivity index (χ0n) is 11.5. The average Bonchev–Trinajstić information content (AvgIpc) is 2.50. The van der Waals surface area contributed by atoms with Crippen LogP contribution in [-0.2, 0) is 15.6 Å². The molecule has 0 aliphatic rings. The fourth-order valence-electron chi connectivity index (χ4n) is 1.74. The van der Waals surface area contributed by atoms with Gasteiger partial charge in [-0.05, 0) is 24.3 Å². The highest BCUT2D eigenvalue weighted by atomic mass is 32.2. The Morgan fingerprint density at radius 1 is 1.24 bits per heavy atom. The van der Waals surface area contributed by atoms with E-state index in [0.29, 0.717) is 22.0 Å². The van der Waals surface area contributed by atoms with Gasteiger partial charge in [-0.15, -0.1) is 0 Å². The highest BCUT2D eigenvalue weighted by molar-refractivity contribution is 7.85. The SMILES string of the molecule is COc1ccc(NC(=O)CS(=O)c2ccccc2)c(N)c1. The Morgan fingerprint density at radius 2 is 1.95 bits per heavy atom.